The Kier molecular flexibility index (Phi) is 8.41. The van der Waals surface area contributed by atoms with Gasteiger partial charge in [-0.25, -0.2) is 0 Å². The van der Waals surface area contributed by atoms with Crippen LogP contribution in [-0.2, 0) is 14.3 Å². The van der Waals surface area contributed by atoms with E-state index in [2.05, 4.69) is 0 Å². The predicted octanol–water partition coefficient (Wildman–Crippen LogP) is 4.14. The second-order valence-corrected chi connectivity index (χ2v) is 8.84. The van der Waals surface area contributed by atoms with E-state index in [1.54, 1.807) is 0 Å². The van der Waals surface area contributed by atoms with Gasteiger partial charge in [0.15, 0.2) is 0 Å². The summed E-state index contributed by atoms with van der Waals surface area (Å²) in [6.45, 7) is 3.80. The van der Waals surface area contributed by atoms with E-state index in [-0.39, 0.29) is 6.10 Å². The average Bonchev–Trinajstić information content (AvgIpc) is 2.71. The number of rotatable bonds is 2. The van der Waals surface area contributed by atoms with E-state index < -0.39 is 0 Å². The quantitative estimate of drug-likeness (QED) is 0.798. The van der Waals surface area contributed by atoms with E-state index in [9.17, 15) is 9.90 Å². The van der Waals surface area contributed by atoms with Crippen molar-refractivity contribution in [2.24, 2.45) is 23.7 Å². The molecular formula is C22H38O4. The Bertz CT molecular complexity index is 394. The van der Waals surface area contributed by atoms with Crippen LogP contribution in [0.25, 0.3) is 0 Å². The second-order valence-electron chi connectivity index (χ2n) is 8.84. The van der Waals surface area contributed by atoms with Crippen molar-refractivity contribution >= 4 is 5.78 Å². The van der Waals surface area contributed by atoms with Crippen LogP contribution < -0.4 is 0 Å². The van der Waals surface area contributed by atoms with Crippen LogP contribution in [0.3, 0.4) is 0 Å². The van der Waals surface area contributed by atoms with Crippen molar-refractivity contribution in [1.82, 2.24) is 0 Å². The molecule has 0 spiro atoms. The summed E-state index contributed by atoms with van der Waals surface area (Å²) in [6, 6.07) is 0. The molecule has 2 saturated heterocycles. The molecule has 4 fully saturated rings. The van der Waals surface area contributed by atoms with Gasteiger partial charge in [-0.3, -0.25) is 4.79 Å². The van der Waals surface area contributed by atoms with Crippen LogP contribution in [0.4, 0.5) is 0 Å². The first-order valence-electron chi connectivity index (χ1n) is 11.1. The highest BCUT2D eigenvalue weighted by Gasteiger charge is 2.28. The van der Waals surface area contributed by atoms with E-state index >= 15 is 0 Å². The summed E-state index contributed by atoms with van der Waals surface area (Å²) < 4.78 is 10.7. The minimum atomic E-state index is -0.00362. The van der Waals surface area contributed by atoms with Gasteiger partial charge >= 0.3 is 0 Å². The highest BCUT2D eigenvalue weighted by Crippen LogP contribution is 2.35. The van der Waals surface area contributed by atoms with Crippen LogP contribution in [0, 0.1) is 23.7 Å². The van der Waals surface area contributed by atoms with Gasteiger partial charge < -0.3 is 14.6 Å². The Balaban J connectivity index is 0.000000151. The fraction of sp³-hybridized carbons (Fsp3) is 0.955. The van der Waals surface area contributed by atoms with Crippen molar-refractivity contribution in [3.8, 4) is 0 Å². The number of aliphatic hydroxyl groups is 1. The number of carbonyl (C=O) groups excluding carboxylic acids is 1. The minimum Gasteiger partial charge on any atom is -0.393 e. The molecule has 0 bridgehead atoms. The normalized spacial score (nSPS) is 32.7. The molecule has 4 heteroatoms. The van der Waals surface area contributed by atoms with Crippen LogP contribution in [-0.4, -0.2) is 43.4 Å². The summed E-state index contributed by atoms with van der Waals surface area (Å²) in [7, 11) is 0. The fourth-order valence-corrected chi connectivity index (χ4v) is 5.38. The minimum absolute atomic E-state index is 0.00362. The van der Waals surface area contributed by atoms with Crippen LogP contribution in [0.1, 0.15) is 77.0 Å². The lowest BCUT2D eigenvalue weighted by Crippen LogP contribution is -2.28. The zero-order valence-electron chi connectivity index (χ0n) is 16.4. The van der Waals surface area contributed by atoms with E-state index in [1.807, 2.05) is 0 Å². The SMILES string of the molecule is O=C1CCC(C2CCOCC2)CC1.OC1CCC(C2CCOCC2)CC1. The monoisotopic (exact) mass is 366 g/mol. The molecule has 0 aromatic rings. The molecule has 26 heavy (non-hydrogen) atoms. The number of carbonyl (C=O) groups is 1. The fourth-order valence-electron chi connectivity index (χ4n) is 5.38. The molecular weight excluding hydrogens is 328 g/mol. The van der Waals surface area contributed by atoms with Gasteiger partial charge in [-0.15, -0.1) is 0 Å². The number of hydrogen-bond donors (Lipinski definition) is 1. The zero-order valence-corrected chi connectivity index (χ0v) is 16.4. The highest BCUT2D eigenvalue weighted by molar-refractivity contribution is 5.79. The second kappa shape index (κ2) is 10.8. The molecule has 2 saturated carbocycles. The first-order valence-corrected chi connectivity index (χ1v) is 11.1. The van der Waals surface area contributed by atoms with Gasteiger partial charge in [-0.1, -0.05) is 0 Å². The third-order valence-electron chi connectivity index (χ3n) is 7.19. The number of aliphatic hydroxyl groups excluding tert-OH is 1. The third-order valence-corrected chi connectivity index (χ3v) is 7.19. The Morgan fingerprint density at radius 2 is 0.962 bits per heavy atom. The standard InChI is InChI=1S/C11H20O2.C11H18O2/c2*12-11-3-1-9(2-4-11)10-5-7-13-8-6-10/h9-12H,1-8H2;9-10H,1-8H2. The Morgan fingerprint density at radius 1 is 0.577 bits per heavy atom. The van der Waals surface area contributed by atoms with Gasteiger partial charge in [0.05, 0.1) is 6.10 Å². The maximum atomic E-state index is 11.1. The van der Waals surface area contributed by atoms with Crippen LogP contribution in [0.15, 0.2) is 0 Å². The molecule has 0 aromatic heterocycles. The lowest BCUT2D eigenvalue weighted by atomic mass is 9.76. The van der Waals surface area contributed by atoms with Crippen molar-refractivity contribution in [3.63, 3.8) is 0 Å². The Hall–Kier alpha value is -0.450. The molecule has 4 nitrogen and oxygen atoms in total. The summed E-state index contributed by atoms with van der Waals surface area (Å²) in [4.78, 5) is 11.1. The van der Waals surface area contributed by atoms with E-state index in [0.29, 0.717) is 5.78 Å². The Labute approximate surface area is 159 Å². The summed E-state index contributed by atoms with van der Waals surface area (Å²) >= 11 is 0. The topological polar surface area (TPSA) is 55.8 Å². The molecule has 2 aliphatic carbocycles. The van der Waals surface area contributed by atoms with Crippen molar-refractivity contribution in [2.45, 2.75) is 83.2 Å². The first-order chi connectivity index (χ1) is 12.7. The molecule has 1 N–H and O–H groups in total. The summed E-state index contributed by atoms with van der Waals surface area (Å²) in [5, 5.41) is 9.40. The van der Waals surface area contributed by atoms with E-state index in [1.165, 1.54) is 38.5 Å². The van der Waals surface area contributed by atoms with Crippen molar-refractivity contribution in [3.05, 3.63) is 0 Å². The molecule has 150 valence electrons. The summed E-state index contributed by atoms with van der Waals surface area (Å²) in [6.07, 6.45) is 13.4. The molecule has 0 atom stereocenters. The third kappa shape index (κ3) is 6.31. The molecule has 0 radical (unpaired) electrons. The van der Waals surface area contributed by atoms with Gasteiger partial charge in [0.25, 0.3) is 0 Å². The molecule has 0 amide bonds. The molecule has 0 aromatic carbocycles. The summed E-state index contributed by atoms with van der Waals surface area (Å²) in [5.41, 5.74) is 0. The molecule has 4 aliphatic rings. The van der Waals surface area contributed by atoms with Crippen molar-refractivity contribution in [1.29, 1.82) is 0 Å². The molecule has 2 aliphatic heterocycles. The number of Topliss-reactive ketones (excluding diaryl/α,β-unsaturated/α-hetero) is 1. The molecule has 4 rings (SSSR count). The largest absolute Gasteiger partial charge is 0.393 e. The maximum absolute atomic E-state index is 11.1. The van der Waals surface area contributed by atoms with Crippen LogP contribution >= 0.6 is 0 Å². The van der Waals surface area contributed by atoms with Gasteiger partial charge in [0, 0.05) is 39.3 Å². The predicted molar refractivity (Wildman–Crippen MR) is 102 cm³/mol. The molecule has 2 heterocycles. The Morgan fingerprint density at radius 3 is 1.42 bits per heavy atom. The maximum Gasteiger partial charge on any atom is 0.132 e. The van der Waals surface area contributed by atoms with Gasteiger partial charge in [0.2, 0.25) is 0 Å². The number of ketones is 1. The summed E-state index contributed by atoms with van der Waals surface area (Å²) in [5.74, 6) is 3.92. The highest BCUT2D eigenvalue weighted by atomic mass is 16.5. The smallest absolute Gasteiger partial charge is 0.132 e. The average molecular weight is 367 g/mol. The lowest BCUT2D eigenvalue weighted by Gasteiger charge is -2.34. The van der Waals surface area contributed by atoms with Crippen LogP contribution in [0.2, 0.25) is 0 Å². The van der Waals surface area contributed by atoms with Crippen molar-refractivity contribution < 1.29 is 19.4 Å². The number of ether oxygens (including phenoxy) is 2. The van der Waals surface area contributed by atoms with E-state index in [4.69, 9.17) is 9.47 Å². The van der Waals surface area contributed by atoms with Crippen molar-refractivity contribution in [2.75, 3.05) is 26.4 Å². The first kappa shape index (κ1) is 20.3. The lowest BCUT2D eigenvalue weighted by molar-refractivity contribution is -0.121. The van der Waals surface area contributed by atoms with Gasteiger partial charge in [0.1, 0.15) is 5.78 Å². The van der Waals surface area contributed by atoms with Gasteiger partial charge in [-0.2, -0.15) is 0 Å². The number of hydrogen-bond acceptors (Lipinski definition) is 4. The molecule has 0 unspecified atom stereocenters. The van der Waals surface area contributed by atoms with E-state index in [0.717, 1.165) is 88.6 Å². The van der Waals surface area contributed by atoms with Gasteiger partial charge in [-0.05, 0) is 87.9 Å². The van der Waals surface area contributed by atoms with Crippen LogP contribution in [0.5, 0.6) is 0 Å². The zero-order chi connectivity index (χ0) is 18.2.